The number of nitrogens with one attached hydrogen (secondary N) is 4. The number of piperidine rings is 1. The molecule has 12 heteroatoms. The van der Waals surface area contributed by atoms with Gasteiger partial charge in [-0.05, 0) is 86.8 Å². The van der Waals surface area contributed by atoms with Crippen LogP contribution in [-0.4, -0.2) is 66.1 Å². The first kappa shape index (κ1) is 36.8. The molecule has 11 nitrogen and oxygen atoms in total. The van der Waals surface area contributed by atoms with E-state index < -0.39 is 23.8 Å². The summed E-state index contributed by atoms with van der Waals surface area (Å²) in [6, 6.07) is 8.44. The van der Waals surface area contributed by atoms with E-state index in [-0.39, 0.29) is 40.8 Å². The predicted octanol–water partition coefficient (Wildman–Crippen LogP) is 5.90. The molecule has 2 aromatic rings. The maximum Gasteiger partial charge on any atom is 0.262 e. The summed E-state index contributed by atoms with van der Waals surface area (Å²) in [6.45, 7) is 10.2. The maximum atomic E-state index is 12.4. The lowest BCUT2D eigenvalue weighted by Crippen LogP contribution is -2.54. The smallest absolute Gasteiger partial charge is 0.262 e. The molecular weight excluding hydrogens is 630 g/mol. The van der Waals surface area contributed by atoms with E-state index in [1.807, 2.05) is 39.5 Å². The van der Waals surface area contributed by atoms with Gasteiger partial charge in [-0.25, -0.2) is 0 Å². The highest BCUT2D eigenvalue weighted by Gasteiger charge is 2.50. The van der Waals surface area contributed by atoms with Gasteiger partial charge in [0.2, 0.25) is 18.2 Å². The molecule has 48 heavy (non-hydrogen) atoms. The monoisotopic (exact) mass is 679 g/mol. The van der Waals surface area contributed by atoms with E-state index in [2.05, 4.69) is 40.3 Å². The van der Waals surface area contributed by atoms with Crippen molar-refractivity contribution < 1.29 is 28.7 Å². The summed E-state index contributed by atoms with van der Waals surface area (Å²) < 4.78 is 5.65. The van der Waals surface area contributed by atoms with Crippen molar-refractivity contribution in [2.24, 2.45) is 5.92 Å². The number of amides is 5. The molecule has 5 amide bonds. The van der Waals surface area contributed by atoms with E-state index in [0.717, 1.165) is 22.7 Å². The van der Waals surface area contributed by atoms with E-state index in [4.69, 9.17) is 4.74 Å². The van der Waals surface area contributed by atoms with Gasteiger partial charge in [-0.15, -0.1) is 0 Å². The van der Waals surface area contributed by atoms with Crippen molar-refractivity contribution in [3.63, 3.8) is 0 Å². The van der Waals surface area contributed by atoms with Crippen molar-refractivity contribution in [2.75, 3.05) is 24.8 Å². The van der Waals surface area contributed by atoms with Gasteiger partial charge >= 0.3 is 0 Å². The first-order valence-electron chi connectivity index (χ1n) is 17.1. The fourth-order valence-electron chi connectivity index (χ4n) is 6.39. The number of benzene rings is 2. The molecule has 7 rings (SSSR count). The Labute approximate surface area is 287 Å². The van der Waals surface area contributed by atoms with Crippen LogP contribution in [0.25, 0.3) is 0 Å². The van der Waals surface area contributed by atoms with Crippen molar-refractivity contribution in [3.8, 4) is 5.75 Å². The zero-order valence-electron chi connectivity index (χ0n) is 29.0. The molecule has 5 aliphatic rings. The molecule has 2 aliphatic carbocycles. The molecule has 3 aliphatic heterocycles. The van der Waals surface area contributed by atoms with Crippen molar-refractivity contribution >= 4 is 53.2 Å². The lowest BCUT2D eigenvalue weighted by Gasteiger charge is -2.35. The van der Waals surface area contributed by atoms with Gasteiger partial charge in [0.05, 0.1) is 29.5 Å². The second-order valence-corrected chi connectivity index (χ2v) is 13.3. The van der Waals surface area contributed by atoms with Crippen molar-refractivity contribution in [1.29, 1.82) is 0 Å². The number of thioether (sulfide) groups is 1. The van der Waals surface area contributed by atoms with E-state index in [0.29, 0.717) is 17.5 Å². The molecule has 0 spiro atoms. The minimum absolute atomic E-state index is 0.117. The van der Waals surface area contributed by atoms with Crippen LogP contribution in [0.2, 0.25) is 0 Å². The first-order valence-corrected chi connectivity index (χ1v) is 18.0. The van der Waals surface area contributed by atoms with Crippen LogP contribution in [0.5, 0.6) is 5.75 Å². The number of imide groups is 2. The van der Waals surface area contributed by atoms with Crippen LogP contribution < -0.4 is 26.0 Å². The zero-order chi connectivity index (χ0) is 35.2. The van der Waals surface area contributed by atoms with Gasteiger partial charge in [0.1, 0.15) is 17.2 Å². The van der Waals surface area contributed by atoms with Gasteiger partial charge < -0.3 is 20.7 Å². The van der Waals surface area contributed by atoms with E-state index >= 15 is 0 Å². The van der Waals surface area contributed by atoms with Gasteiger partial charge in [0.25, 0.3) is 11.8 Å². The zero-order valence-corrected chi connectivity index (χ0v) is 29.8. The highest BCUT2D eigenvalue weighted by molar-refractivity contribution is 8.00. The Morgan fingerprint density at radius 2 is 1.65 bits per heavy atom. The lowest BCUT2D eigenvalue weighted by atomic mass is 9.80. The Hall–Kier alpha value is -4.06. The molecular formula is C36H49N5O6S. The fourth-order valence-corrected chi connectivity index (χ4v) is 7.81. The number of hydrogen-bond acceptors (Lipinski definition) is 9. The van der Waals surface area contributed by atoms with Crippen molar-refractivity contribution in [3.05, 3.63) is 47.0 Å². The number of nitrogens with zero attached hydrogens (tertiary/aromatic N) is 1. The number of anilines is 2. The Morgan fingerprint density at radius 1 is 0.958 bits per heavy atom. The summed E-state index contributed by atoms with van der Waals surface area (Å²) in [4.78, 5) is 61.1. The molecule has 3 atom stereocenters. The number of hydrogen-bond donors (Lipinski definition) is 4. The van der Waals surface area contributed by atoms with E-state index in [9.17, 15) is 24.0 Å². The quantitative estimate of drug-likeness (QED) is 0.198. The number of carbonyl (C=O) groups is 5. The standard InChI is InChI=1S/C18H24N2O2S.C14H13N3O4.2C2H6/c1-18(19-10-21,13-6-7-13)17-20-16-14(22-2)8-12(9-15(16)23-17)11-4-3-5-11;1-15-7-2-3-8-9(6-7)14(21)17(13(8)20)10-4-5-11(18)16-12(10)19;2*1-2/h8-11,13,17,20H,3-7H2,1-2H3,(H,19,21);2-3,6,10,15H,4-5H2,1H3,(H,16,18,19);2*1-2H3/t17?,18-;;;/m0.../s1. The van der Waals surface area contributed by atoms with E-state index in [1.165, 1.54) is 42.6 Å². The molecule has 4 N–H and O–H groups in total. The third-order valence-electron chi connectivity index (χ3n) is 9.47. The molecule has 1 saturated heterocycles. The Bertz CT molecular complexity index is 1540. The van der Waals surface area contributed by atoms with Gasteiger partial charge in [-0.1, -0.05) is 45.9 Å². The van der Waals surface area contributed by atoms with Gasteiger partial charge in [0, 0.05) is 24.1 Å². The molecule has 2 aromatic carbocycles. The molecule has 0 radical (unpaired) electrons. The number of ether oxygens (including phenoxy) is 1. The maximum absolute atomic E-state index is 12.4. The Balaban J connectivity index is 0.000000197. The molecule has 3 fully saturated rings. The average Bonchev–Trinajstić information content (AvgIpc) is 3.80. The van der Waals surface area contributed by atoms with Crippen LogP contribution in [0, 0.1) is 5.92 Å². The first-order chi connectivity index (χ1) is 23.2. The van der Waals surface area contributed by atoms with Gasteiger partial charge in [-0.2, -0.15) is 0 Å². The summed E-state index contributed by atoms with van der Waals surface area (Å²) in [7, 11) is 3.45. The van der Waals surface area contributed by atoms with Gasteiger partial charge in [-0.3, -0.25) is 34.2 Å². The number of rotatable bonds is 8. The molecule has 0 bridgehead atoms. The van der Waals surface area contributed by atoms with E-state index in [1.54, 1.807) is 32.4 Å². The van der Waals surface area contributed by atoms with Crippen molar-refractivity contribution in [1.82, 2.24) is 15.5 Å². The van der Waals surface area contributed by atoms with Crippen molar-refractivity contribution in [2.45, 2.75) is 107 Å². The lowest BCUT2D eigenvalue weighted by molar-refractivity contribution is -0.136. The largest absolute Gasteiger partial charge is 0.495 e. The van der Waals surface area contributed by atoms with Crippen LogP contribution in [0.15, 0.2) is 35.2 Å². The summed E-state index contributed by atoms with van der Waals surface area (Å²) in [5.41, 5.74) is 3.54. The molecule has 3 heterocycles. The second-order valence-electron chi connectivity index (χ2n) is 12.1. The summed E-state index contributed by atoms with van der Waals surface area (Å²) in [5.74, 6) is 0.207. The van der Waals surface area contributed by atoms with Crippen LogP contribution in [0.1, 0.15) is 112 Å². The molecule has 2 saturated carbocycles. The minimum Gasteiger partial charge on any atom is -0.495 e. The summed E-state index contributed by atoms with van der Waals surface area (Å²) in [5, 5.41) is 11.9. The molecule has 0 aromatic heterocycles. The highest BCUT2D eigenvalue weighted by Crippen LogP contribution is 2.54. The third-order valence-corrected chi connectivity index (χ3v) is 10.9. The van der Waals surface area contributed by atoms with Crippen LogP contribution in [-0.2, 0) is 14.4 Å². The number of fused-ring (bicyclic) bond motifs is 2. The minimum atomic E-state index is -0.923. The predicted molar refractivity (Wildman–Crippen MR) is 189 cm³/mol. The summed E-state index contributed by atoms with van der Waals surface area (Å²) in [6.07, 6.45) is 7.42. The number of methoxy groups -OCH3 is 1. The number of carbonyl (C=O) groups excluding carboxylic acids is 5. The highest BCUT2D eigenvalue weighted by atomic mass is 32.2. The molecule has 2 unspecified atom stereocenters. The Morgan fingerprint density at radius 3 is 2.21 bits per heavy atom. The third kappa shape index (κ3) is 7.18. The van der Waals surface area contributed by atoms with Crippen LogP contribution in [0.3, 0.4) is 0 Å². The molecule has 260 valence electrons. The Kier molecular flexibility index (Phi) is 12.2. The van der Waals surface area contributed by atoms with Crippen LogP contribution >= 0.6 is 11.8 Å². The van der Waals surface area contributed by atoms with Crippen LogP contribution in [0.4, 0.5) is 11.4 Å². The second kappa shape index (κ2) is 15.9. The average molecular weight is 680 g/mol. The fraction of sp³-hybridized carbons (Fsp3) is 0.528. The summed E-state index contributed by atoms with van der Waals surface area (Å²) >= 11 is 1.83. The topological polar surface area (TPSA) is 146 Å². The van der Waals surface area contributed by atoms with Gasteiger partial charge in [0.15, 0.2) is 0 Å². The SMILES string of the molecule is CC.CC.CNc1ccc2c(c1)C(=O)N(C1CCC(=O)NC1=O)C2=O.COc1cc(C2CCC2)cc2c1NC([C@@](C)(NC=O)C1CC1)S2. The normalized spacial score (nSPS) is 21.9.